The van der Waals surface area contributed by atoms with E-state index in [-0.39, 0.29) is 42.3 Å². The van der Waals surface area contributed by atoms with E-state index in [1.165, 1.54) is 6.07 Å². The first-order valence-electron chi connectivity index (χ1n) is 6.76. The minimum atomic E-state index is -0.943. The Labute approximate surface area is 150 Å². The smallest absolute Gasteiger partial charge is 0.193 e. The standard InChI is InChI=1S/C16H17F2N3O.HI/c1-11-2-4-12(5-3-11)21-16(19)20-8-9-22-13-6-7-14(17)15(18)10-13;/h2-7,10H,8-9H2,1H3,(H3,19,20,21);1H. The lowest BCUT2D eigenvalue weighted by Gasteiger charge is -2.07. The number of halogens is 3. The second-order valence-corrected chi connectivity index (χ2v) is 4.68. The predicted octanol–water partition coefficient (Wildman–Crippen LogP) is 3.70. The molecule has 0 radical (unpaired) electrons. The van der Waals surface area contributed by atoms with Gasteiger partial charge in [0.25, 0.3) is 0 Å². The van der Waals surface area contributed by atoms with Crippen molar-refractivity contribution >= 4 is 35.6 Å². The van der Waals surface area contributed by atoms with Gasteiger partial charge in [-0.2, -0.15) is 0 Å². The summed E-state index contributed by atoms with van der Waals surface area (Å²) in [6.07, 6.45) is 0. The Morgan fingerprint density at radius 3 is 2.48 bits per heavy atom. The van der Waals surface area contributed by atoms with E-state index in [9.17, 15) is 8.78 Å². The number of guanidine groups is 1. The van der Waals surface area contributed by atoms with E-state index < -0.39 is 11.6 Å². The molecule has 0 heterocycles. The molecular weight excluding hydrogens is 415 g/mol. The Bertz CT molecular complexity index is 663. The fraction of sp³-hybridized carbons (Fsp3) is 0.188. The van der Waals surface area contributed by atoms with Crippen LogP contribution in [0.2, 0.25) is 0 Å². The van der Waals surface area contributed by atoms with Crippen LogP contribution in [-0.2, 0) is 0 Å². The zero-order valence-corrected chi connectivity index (χ0v) is 14.9. The molecule has 23 heavy (non-hydrogen) atoms. The van der Waals surface area contributed by atoms with Crippen LogP contribution in [0.25, 0.3) is 0 Å². The molecule has 4 nitrogen and oxygen atoms in total. The Morgan fingerprint density at radius 1 is 1.13 bits per heavy atom. The van der Waals surface area contributed by atoms with Crippen LogP contribution in [0.5, 0.6) is 5.75 Å². The quantitative estimate of drug-likeness (QED) is 0.327. The second kappa shape index (κ2) is 9.29. The molecule has 0 saturated heterocycles. The Balaban J connectivity index is 0.00000264. The van der Waals surface area contributed by atoms with Gasteiger partial charge >= 0.3 is 0 Å². The van der Waals surface area contributed by atoms with Gasteiger partial charge in [0.15, 0.2) is 17.6 Å². The molecule has 0 fully saturated rings. The highest BCUT2D eigenvalue weighted by molar-refractivity contribution is 14.0. The van der Waals surface area contributed by atoms with Gasteiger partial charge in [-0.3, -0.25) is 0 Å². The molecule has 124 valence electrons. The van der Waals surface area contributed by atoms with Crippen molar-refractivity contribution in [1.82, 2.24) is 0 Å². The van der Waals surface area contributed by atoms with Crippen molar-refractivity contribution in [3.63, 3.8) is 0 Å². The average molecular weight is 433 g/mol. The Kier molecular flexibility index (Phi) is 7.73. The van der Waals surface area contributed by atoms with Gasteiger partial charge in [-0.25, -0.2) is 13.8 Å². The van der Waals surface area contributed by atoms with Gasteiger partial charge in [0.1, 0.15) is 12.4 Å². The number of nitrogens with one attached hydrogen (secondary N) is 1. The van der Waals surface area contributed by atoms with Crippen molar-refractivity contribution in [2.45, 2.75) is 6.92 Å². The van der Waals surface area contributed by atoms with Crippen molar-refractivity contribution in [3.05, 3.63) is 59.7 Å². The number of aryl methyl sites for hydroxylation is 1. The minimum absolute atomic E-state index is 0. The van der Waals surface area contributed by atoms with E-state index in [0.29, 0.717) is 6.54 Å². The van der Waals surface area contributed by atoms with Gasteiger partial charge in [0, 0.05) is 11.8 Å². The maximum atomic E-state index is 13.0. The van der Waals surface area contributed by atoms with Gasteiger partial charge < -0.3 is 15.8 Å². The molecule has 0 aliphatic heterocycles. The molecule has 0 spiro atoms. The molecule has 2 rings (SSSR count). The third-order valence-electron chi connectivity index (χ3n) is 2.86. The maximum absolute atomic E-state index is 13.0. The van der Waals surface area contributed by atoms with Crippen molar-refractivity contribution in [3.8, 4) is 5.75 Å². The summed E-state index contributed by atoms with van der Waals surface area (Å²) >= 11 is 0. The van der Waals surface area contributed by atoms with Gasteiger partial charge in [0.05, 0.1) is 6.54 Å². The summed E-state index contributed by atoms with van der Waals surface area (Å²) in [7, 11) is 0. The van der Waals surface area contributed by atoms with E-state index in [1.807, 2.05) is 31.2 Å². The van der Waals surface area contributed by atoms with Crippen LogP contribution in [0, 0.1) is 18.6 Å². The average Bonchev–Trinajstić information content (AvgIpc) is 2.49. The summed E-state index contributed by atoms with van der Waals surface area (Å²) in [6.45, 7) is 2.50. The largest absolute Gasteiger partial charge is 0.492 e. The first-order chi connectivity index (χ1) is 10.5. The van der Waals surface area contributed by atoms with Crippen LogP contribution in [0.15, 0.2) is 47.5 Å². The third-order valence-corrected chi connectivity index (χ3v) is 2.86. The van der Waals surface area contributed by atoms with Gasteiger partial charge in [-0.05, 0) is 31.2 Å². The molecule has 0 aliphatic rings. The number of aliphatic imine (C=N–C) groups is 1. The van der Waals surface area contributed by atoms with Gasteiger partial charge in [-0.15, -0.1) is 24.0 Å². The van der Waals surface area contributed by atoms with Crippen molar-refractivity contribution in [2.75, 3.05) is 18.5 Å². The summed E-state index contributed by atoms with van der Waals surface area (Å²) in [5, 5.41) is 2.95. The van der Waals surface area contributed by atoms with Crippen molar-refractivity contribution < 1.29 is 13.5 Å². The molecule has 0 saturated carbocycles. The SMILES string of the molecule is Cc1ccc(NC(N)=NCCOc2ccc(F)c(F)c2)cc1.I. The number of hydrogen-bond acceptors (Lipinski definition) is 2. The van der Waals surface area contributed by atoms with E-state index in [4.69, 9.17) is 10.5 Å². The van der Waals surface area contributed by atoms with E-state index >= 15 is 0 Å². The maximum Gasteiger partial charge on any atom is 0.193 e. The Hall–Kier alpha value is -1.90. The number of nitrogens with two attached hydrogens (primary N) is 1. The number of anilines is 1. The topological polar surface area (TPSA) is 59.6 Å². The van der Waals surface area contributed by atoms with E-state index in [2.05, 4.69) is 10.3 Å². The van der Waals surface area contributed by atoms with E-state index in [0.717, 1.165) is 23.4 Å². The molecule has 0 unspecified atom stereocenters. The van der Waals surface area contributed by atoms with Crippen LogP contribution in [0.1, 0.15) is 5.56 Å². The zero-order chi connectivity index (χ0) is 15.9. The molecule has 0 aliphatic carbocycles. The van der Waals surface area contributed by atoms with Crippen molar-refractivity contribution in [1.29, 1.82) is 0 Å². The fourth-order valence-electron chi connectivity index (χ4n) is 1.72. The lowest BCUT2D eigenvalue weighted by Crippen LogP contribution is -2.23. The highest BCUT2D eigenvalue weighted by Crippen LogP contribution is 2.15. The van der Waals surface area contributed by atoms with Crippen LogP contribution >= 0.6 is 24.0 Å². The summed E-state index contributed by atoms with van der Waals surface area (Å²) in [4.78, 5) is 4.09. The third kappa shape index (κ3) is 6.39. The highest BCUT2D eigenvalue weighted by Gasteiger charge is 2.02. The van der Waals surface area contributed by atoms with E-state index in [1.54, 1.807) is 0 Å². The molecule has 2 aromatic carbocycles. The summed E-state index contributed by atoms with van der Waals surface area (Å²) in [5.41, 5.74) is 7.74. The molecule has 0 bridgehead atoms. The summed E-state index contributed by atoms with van der Waals surface area (Å²) < 4.78 is 31.0. The lowest BCUT2D eigenvalue weighted by molar-refractivity contribution is 0.325. The molecule has 0 aromatic heterocycles. The molecular formula is C16H18F2IN3O. The summed E-state index contributed by atoms with van der Waals surface area (Å²) in [6, 6.07) is 11.1. The number of nitrogens with zero attached hydrogens (tertiary/aromatic N) is 1. The Morgan fingerprint density at radius 2 is 1.83 bits per heavy atom. The second-order valence-electron chi connectivity index (χ2n) is 4.68. The van der Waals surface area contributed by atoms with Gasteiger partial charge in [0.2, 0.25) is 0 Å². The van der Waals surface area contributed by atoms with Crippen LogP contribution in [0.4, 0.5) is 14.5 Å². The minimum Gasteiger partial charge on any atom is -0.492 e. The first-order valence-corrected chi connectivity index (χ1v) is 6.76. The van der Waals surface area contributed by atoms with Crippen LogP contribution in [0.3, 0.4) is 0 Å². The number of rotatable bonds is 5. The lowest BCUT2D eigenvalue weighted by atomic mass is 10.2. The van der Waals surface area contributed by atoms with Crippen LogP contribution in [-0.4, -0.2) is 19.1 Å². The number of benzene rings is 2. The van der Waals surface area contributed by atoms with Crippen molar-refractivity contribution in [2.24, 2.45) is 10.7 Å². The molecule has 0 atom stereocenters. The fourth-order valence-corrected chi connectivity index (χ4v) is 1.72. The summed E-state index contributed by atoms with van der Waals surface area (Å²) in [5.74, 6) is -1.34. The van der Waals surface area contributed by atoms with Crippen LogP contribution < -0.4 is 15.8 Å². The monoisotopic (exact) mass is 433 g/mol. The first kappa shape index (κ1) is 19.1. The zero-order valence-electron chi connectivity index (χ0n) is 12.6. The number of ether oxygens (including phenoxy) is 1. The predicted molar refractivity (Wildman–Crippen MR) is 98.6 cm³/mol. The molecule has 3 N–H and O–H groups in total. The van der Waals surface area contributed by atoms with Gasteiger partial charge in [-0.1, -0.05) is 17.7 Å². The molecule has 2 aromatic rings. The normalized spacial score (nSPS) is 10.8. The number of hydrogen-bond donors (Lipinski definition) is 2. The highest BCUT2D eigenvalue weighted by atomic mass is 127. The molecule has 0 amide bonds. The molecule has 7 heteroatoms.